The smallest absolute Gasteiger partial charge is 0.330 e. The number of methoxy groups -OCH3 is 1. The van der Waals surface area contributed by atoms with Crippen LogP contribution in [0.3, 0.4) is 0 Å². The van der Waals surface area contributed by atoms with Gasteiger partial charge in [0.05, 0.1) is 6.61 Å². The maximum atomic E-state index is 11.3. The second-order valence-corrected chi connectivity index (χ2v) is 7.80. The van der Waals surface area contributed by atoms with Crippen molar-refractivity contribution in [2.24, 2.45) is 0 Å². The van der Waals surface area contributed by atoms with E-state index in [1.807, 2.05) is 66.7 Å². The highest BCUT2D eigenvalue weighted by molar-refractivity contribution is 5.82. The summed E-state index contributed by atoms with van der Waals surface area (Å²) < 4.78 is 21.8. The van der Waals surface area contributed by atoms with Gasteiger partial charge in [-0.15, -0.1) is 0 Å². The monoisotopic (exact) mass is 478 g/mol. The van der Waals surface area contributed by atoms with E-state index in [9.17, 15) is 15.0 Å². The number of benzene rings is 3. The Morgan fingerprint density at radius 3 is 1.74 bits per heavy atom. The highest BCUT2D eigenvalue weighted by Crippen LogP contribution is 2.41. The van der Waals surface area contributed by atoms with Gasteiger partial charge in [0.25, 0.3) is 0 Å². The number of carbonyl (C=O) groups is 1. The SMILES string of the molecule is C=CC(=O)OCC(O)COc1cc(OCC(O)COC)c(-c2ccccc2)cc1-c1ccccc1. The molecule has 2 unspecified atom stereocenters. The number of ether oxygens (including phenoxy) is 4. The molecule has 3 aromatic rings. The quantitative estimate of drug-likeness (QED) is 0.284. The first kappa shape index (κ1) is 26.0. The number of esters is 1. The van der Waals surface area contributed by atoms with Crippen LogP contribution in [0.1, 0.15) is 0 Å². The molecule has 7 heteroatoms. The summed E-state index contributed by atoms with van der Waals surface area (Å²) in [5.41, 5.74) is 3.47. The summed E-state index contributed by atoms with van der Waals surface area (Å²) in [5, 5.41) is 20.4. The molecule has 0 saturated heterocycles. The fraction of sp³-hybridized carbons (Fsp3) is 0.250. The lowest BCUT2D eigenvalue weighted by molar-refractivity contribution is -0.141. The fourth-order valence-corrected chi connectivity index (χ4v) is 3.38. The highest BCUT2D eigenvalue weighted by atomic mass is 16.5. The first-order valence-corrected chi connectivity index (χ1v) is 11.2. The van der Waals surface area contributed by atoms with Crippen molar-refractivity contribution >= 4 is 5.97 Å². The highest BCUT2D eigenvalue weighted by Gasteiger charge is 2.18. The van der Waals surface area contributed by atoms with E-state index < -0.39 is 18.2 Å². The van der Waals surface area contributed by atoms with Crippen LogP contribution >= 0.6 is 0 Å². The van der Waals surface area contributed by atoms with Crippen molar-refractivity contribution in [1.29, 1.82) is 0 Å². The summed E-state index contributed by atoms with van der Waals surface area (Å²) in [6.45, 7) is 3.17. The van der Waals surface area contributed by atoms with Gasteiger partial charge in [0, 0.05) is 30.4 Å². The largest absolute Gasteiger partial charge is 0.490 e. The first-order chi connectivity index (χ1) is 17.0. The number of rotatable bonds is 13. The van der Waals surface area contributed by atoms with Crippen molar-refractivity contribution in [3.05, 3.63) is 85.5 Å². The Labute approximate surface area is 205 Å². The molecule has 0 aliphatic rings. The third-order valence-corrected chi connectivity index (χ3v) is 5.06. The van der Waals surface area contributed by atoms with E-state index in [1.165, 1.54) is 7.11 Å². The van der Waals surface area contributed by atoms with Gasteiger partial charge in [0.2, 0.25) is 0 Å². The summed E-state index contributed by atoms with van der Waals surface area (Å²) in [4.78, 5) is 11.3. The number of hydrogen-bond acceptors (Lipinski definition) is 7. The molecule has 3 rings (SSSR count). The molecule has 0 aliphatic heterocycles. The standard InChI is InChI=1S/C28H30O7/c1-3-28(31)35-19-23(30)18-34-27-15-26(33-17-22(29)16-32-2)24(20-10-6-4-7-11-20)14-25(27)21-12-8-5-9-13-21/h3-15,22-23,29-30H,1,16-19H2,2H3. The predicted octanol–water partition coefficient (Wildman–Crippen LogP) is 3.88. The van der Waals surface area contributed by atoms with E-state index in [1.54, 1.807) is 6.07 Å². The molecule has 0 bridgehead atoms. The molecule has 0 saturated carbocycles. The van der Waals surface area contributed by atoms with Crippen molar-refractivity contribution in [1.82, 2.24) is 0 Å². The van der Waals surface area contributed by atoms with Gasteiger partial charge in [-0.1, -0.05) is 67.2 Å². The molecule has 184 valence electrons. The first-order valence-electron chi connectivity index (χ1n) is 11.2. The Hall–Kier alpha value is -3.65. The van der Waals surface area contributed by atoms with Crippen molar-refractivity contribution in [3.8, 4) is 33.8 Å². The Kier molecular flexibility index (Phi) is 9.86. The minimum atomic E-state index is -1.04. The van der Waals surface area contributed by atoms with Crippen LogP contribution in [0, 0.1) is 0 Å². The zero-order valence-corrected chi connectivity index (χ0v) is 19.6. The normalized spacial score (nSPS) is 12.4. The molecule has 3 aromatic carbocycles. The number of aliphatic hydroxyl groups is 2. The van der Waals surface area contributed by atoms with Crippen molar-refractivity contribution in [2.75, 3.05) is 33.5 Å². The Bertz CT molecular complexity index is 1080. The second kappa shape index (κ2) is 13.3. The molecular formula is C28H30O7. The van der Waals surface area contributed by atoms with Gasteiger partial charge in [-0.25, -0.2) is 4.79 Å². The molecule has 35 heavy (non-hydrogen) atoms. The van der Waals surface area contributed by atoms with E-state index in [2.05, 4.69) is 6.58 Å². The molecule has 2 N–H and O–H groups in total. The molecule has 0 heterocycles. The summed E-state index contributed by atoms with van der Waals surface area (Å²) in [6, 6.07) is 23.2. The van der Waals surface area contributed by atoms with Crippen LogP contribution in [0.25, 0.3) is 22.3 Å². The van der Waals surface area contributed by atoms with E-state index >= 15 is 0 Å². The van der Waals surface area contributed by atoms with E-state index in [0.29, 0.717) is 11.5 Å². The zero-order valence-electron chi connectivity index (χ0n) is 19.6. The van der Waals surface area contributed by atoms with Gasteiger partial charge < -0.3 is 29.2 Å². The lowest BCUT2D eigenvalue weighted by Gasteiger charge is -2.20. The number of carbonyl (C=O) groups excluding carboxylic acids is 1. The molecule has 2 atom stereocenters. The van der Waals surface area contributed by atoms with Gasteiger partial charge in [0.15, 0.2) is 0 Å². The second-order valence-electron chi connectivity index (χ2n) is 7.80. The predicted molar refractivity (Wildman–Crippen MR) is 133 cm³/mol. The van der Waals surface area contributed by atoms with Crippen LogP contribution in [0.15, 0.2) is 85.5 Å². The molecular weight excluding hydrogens is 448 g/mol. The van der Waals surface area contributed by atoms with Gasteiger partial charge in [0.1, 0.15) is 43.5 Å². The van der Waals surface area contributed by atoms with E-state index in [0.717, 1.165) is 28.3 Å². The average Bonchev–Trinajstić information content (AvgIpc) is 2.90. The van der Waals surface area contributed by atoms with E-state index in [4.69, 9.17) is 18.9 Å². The third-order valence-electron chi connectivity index (χ3n) is 5.06. The molecule has 0 aliphatic carbocycles. The van der Waals surface area contributed by atoms with Crippen molar-refractivity contribution in [3.63, 3.8) is 0 Å². The average molecular weight is 479 g/mol. The van der Waals surface area contributed by atoms with Crippen LogP contribution < -0.4 is 9.47 Å². The lowest BCUT2D eigenvalue weighted by Crippen LogP contribution is -2.25. The van der Waals surface area contributed by atoms with Gasteiger partial charge in [-0.3, -0.25) is 0 Å². The summed E-state index contributed by atoms with van der Waals surface area (Å²) in [6.07, 6.45) is -0.808. The molecule has 0 amide bonds. The Morgan fingerprint density at radius 2 is 1.29 bits per heavy atom. The number of hydrogen-bond donors (Lipinski definition) is 2. The van der Waals surface area contributed by atoms with E-state index in [-0.39, 0.29) is 26.4 Å². The number of aliphatic hydroxyl groups excluding tert-OH is 2. The van der Waals surface area contributed by atoms with Crippen molar-refractivity contribution in [2.45, 2.75) is 12.2 Å². The summed E-state index contributed by atoms with van der Waals surface area (Å²) in [7, 11) is 1.51. The molecule has 0 radical (unpaired) electrons. The van der Waals surface area contributed by atoms with Gasteiger partial charge >= 0.3 is 5.97 Å². The minimum Gasteiger partial charge on any atom is -0.490 e. The lowest BCUT2D eigenvalue weighted by atomic mass is 9.97. The van der Waals surface area contributed by atoms with Crippen LogP contribution in [-0.2, 0) is 14.3 Å². The maximum Gasteiger partial charge on any atom is 0.330 e. The Morgan fingerprint density at radius 1 is 0.800 bits per heavy atom. The van der Waals surface area contributed by atoms with Crippen LogP contribution in [0.4, 0.5) is 0 Å². The van der Waals surface area contributed by atoms with Crippen LogP contribution in [-0.4, -0.2) is 61.9 Å². The Balaban J connectivity index is 1.96. The van der Waals surface area contributed by atoms with Gasteiger partial charge in [-0.2, -0.15) is 0 Å². The third kappa shape index (κ3) is 7.68. The molecule has 7 nitrogen and oxygen atoms in total. The molecule has 0 aromatic heterocycles. The minimum absolute atomic E-state index is 0.0257. The zero-order chi connectivity index (χ0) is 25.0. The van der Waals surface area contributed by atoms with Gasteiger partial charge in [-0.05, 0) is 17.2 Å². The fourth-order valence-electron chi connectivity index (χ4n) is 3.38. The maximum absolute atomic E-state index is 11.3. The summed E-state index contributed by atoms with van der Waals surface area (Å²) in [5.74, 6) is 0.362. The summed E-state index contributed by atoms with van der Waals surface area (Å²) >= 11 is 0. The molecule has 0 spiro atoms. The molecule has 0 fully saturated rings. The topological polar surface area (TPSA) is 94.5 Å². The van der Waals surface area contributed by atoms with Crippen LogP contribution in [0.5, 0.6) is 11.5 Å². The van der Waals surface area contributed by atoms with Crippen LogP contribution in [0.2, 0.25) is 0 Å². The van der Waals surface area contributed by atoms with Crippen molar-refractivity contribution < 1.29 is 34.0 Å².